The molecule has 3 aliphatic rings. The number of hydrogen-bond acceptors (Lipinski definition) is 3. The molecule has 0 aromatic rings. The Kier molecular flexibility index (Phi) is 9.95. The van der Waals surface area contributed by atoms with Crippen LogP contribution < -0.4 is 11.1 Å². The Hall–Kier alpha value is -0.0300. The summed E-state index contributed by atoms with van der Waals surface area (Å²) in [5.41, 5.74) is 5.81. The van der Waals surface area contributed by atoms with Crippen molar-refractivity contribution in [2.75, 3.05) is 19.6 Å². The fraction of sp³-hybridized carbons (Fsp3) is 0.944. The quantitative estimate of drug-likeness (QED) is 0.788. The van der Waals surface area contributed by atoms with Crippen LogP contribution >= 0.6 is 24.8 Å². The summed E-state index contributed by atoms with van der Waals surface area (Å²) in [5.74, 6) is 0.882. The lowest BCUT2D eigenvalue weighted by atomic mass is 9.91. The van der Waals surface area contributed by atoms with E-state index in [9.17, 15) is 4.79 Å². The van der Waals surface area contributed by atoms with Gasteiger partial charge >= 0.3 is 0 Å². The van der Waals surface area contributed by atoms with Crippen LogP contribution in [0.5, 0.6) is 0 Å². The molecule has 2 aliphatic carbocycles. The van der Waals surface area contributed by atoms with E-state index >= 15 is 0 Å². The Morgan fingerprint density at radius 2 is 1.58 bits per heavy atom. The summed E-state index contributed by atoms with van der Waals surface area (Å²) in [6.45, 7) is 3.00. The minimum absolute atomic E-state index is 0. The number of hydrogen-bond donors (Lipinski definition) is 2. The predicted octanol–water partition coefficient (Wildman–Crippen LogP) is 3.12. The molecule has 0 aromatic carbocycles. The highest BCUT2D eigenvalue weighted by atomic mass is 35.5. The van der Waals surface area contributed by atoms with Crippen LogP contribution in [-0.2, 0) is 4.79 Å². The van der Waals surface area contributed by atoms with Gasteiger partial charge in [0.05, 0.1) is 0 Å². The number of carbonyl (C=O) groups excluding carboxylic acids is 1. The zero-order valence-corrected chi connectivity index (χ0v) is 16.4. The molecule has 1 heterocycles. The number of halogens is 2. The number of rotatable bonds is 4. The van der Waals surface area contributed by atoms with Gasteiger partial charge in [-0.3, -0.25) is 4.79 Å². The third-order valence-corrected chi connectivity index (χ3v) is 6.27. The summed E-state index contributed by atoms with van der Waals surface area (Å²) in [5, 5.41) is 3.33. The molecule has 1 aliphatic heterocycles. The van der Waals surface area contributed by atoms with Gasteiger partial charge in [0.1, 0.15) is 0 Å². The minimum Gasteiger partial charge on any atom is -0.353 e. The molecule has 0 radical (unpaired) electrons. The van der Waals surface area contributed by atoms with Crippen molar-refractivity contribution in [1.29, 1.82) is 0 Å². The van der Waals surface area contributed by atoms with Crippen molar-refractivity contribution >= 4 is 30.7 Å². The Balaban J connectivity index is 0.00000144. The summed E-state index contributed by atoms with van der Waals surface area (Å²) < 4.78 is 0. The normalized spacial score (nSPS) is 29.5. The summed E-state index contributed by atoms with van der Waals surface area (Å²) in [6, 6.07) is 1.22. The second-order valence-corrected chi connectivity index (χ2v) is 7.64. The van der Waals surface area contributed by atoms with Crippen LogP contribution in [0.2, 0.25) is 0 Å². The lowest BCUT2D eigenvalue weighted by Gasteiger charge is -2.39. The van der Waals surface area contributed by atoms with Gasteiger partial charge in [0, 0.05) is 31.1 Å². The third-order valence-electron chi connectivity index (χ3n) is 6.27. The monoisotopic (exact) mass is 379 g/mol. The van der Waals surface area contributed by atoms with Gasteiger partial charge in [-0.1, -0.05) is 25.7 Å². The van der Waals surface area contributed by atoms with Crippen molar-refractivity contribution < 1.29 is 4.79 Å². The van der Waals surface area contributed by atoms with Crippen molar-refractivity contribution in [2.24, 2.45) is 17.6 Å². The molecular formula is C18H35Cl2N3O. The van der Waals surface area contributed by atoms with E-state index in [0.717, 1.165) is 31.7 Å². The maximum atomic E-state index is 12.5. The van der Waals surface area contributed by atoms with E-state index in [4.69, 9.17) is 5.73 Å². The van der Waals surface area contributed by atoms with Crippen molar-refractivity contribution in [3.05, 3.63) is 0 Å². The van der Waals surface area contributed by atoms with Gasteiger partial charge in [0.25, 0.3) is 0 Å². The second-order valence-electron chi connectivity index (χ2n) is 7.64. The van der Waals surface area contributed by atoms with E-state index in [1.165, 1.54) is 51.6 Å². The average Bonchev–Trinajstić information content (AvgIpc) is 3.05. The molecular weight excluding hydrogens is 345 g/mol. The van der Waals surface area contributed by atoms with Gasteiger partial charge in [-0.2, -0.15) is 0 Å². The molecule has 0 spiro atoms. The van der Waals surface area contributed by atoms with E-state index in [2.05, 4.69) is 10.2 Å². The first-order valence-corrected chi connectivity index (χ1v) is 9.52. The highest BCUT2D eigenvalue weighted by molar-refractivity contribution is 5.85. The van der Waals surface area contributed by atoms with E-state index in [0.29, 0.717) is 18.5 Å². The summed E-state index contributed by atoms with van der Waals surface area (Å²) in [4.78, 5) is 15.2. The molecule has 3 fully saturated rings. The van der Waals surface area contributed by atoms with E-state index < -0.39 is 0 Å². The Bertz CT molecular complexity index is 369. The van der Waals surface area contributed by atoms with Crippen LogP contribution in [0, 0.1) is 11.8 Å². The molecule has 3 rings (SSSR count). The maximum absolute atomic E-state index is 12.5. The number of likely N-dealkylation sites (tertiary alicyclic amines) is 1. The Morgan fingerprint density at radius 1 is 0.917 bits per heavy atom. The van der Waals surface area contributed by atoms with Crippen LogP contribution in [-0.4, -0.2) is 42.5 Å². The lowest BCUT2D eigenvalue weighted by molar-refractivity contribution is -0.127. The molecule has 1 amide bonds. The molecule has 1 saturated heterocycles. The molecule has 4 nitrogen and oxygen atoms in total. The average molecular weight is 380 g/mol. The number of piperidine rings is 1. The number of nitrogens with one attached hydrogen (secondary N) is 1. The number of nitrogens with zero attached hydrogens (tertiary/aromatic N) is 1. The van der Waals surface area contributed by atoms with Gasteiger partial charge in [-0.05, 0) is 51.0 Å². The van der Waals surface area contributed by atoms with Crippen molar-refractivity contribution in [3.63, 3.8) is 0 Å². The van der Waals surface area contributed by atoms with Crippen LogP contribution in [0.15, 0.2) is 0 Å². The zero-order chi connectivity index (χ0) is 15.4. The largest absolute Gasteiger partial charge is 0.353 e. The fourth-order valence-electron chi connectivity index (χ4n) is 4.83. The van der Waals surface area contributed by atoms with Crippen LogP contribution in [0.4, 0.5) is 0 Å². The fourth-order valence-corrected chi connectivity index (χ4v) is 4.83. The first kappa shape index (κ1) is 22.0. The third kappa shape index (κ3) is 5.48. The predicted molar refractivity (Wildman–Crippen MR) is 104 cm³/mol. The standard InChI is InChI=1S/C18H33N3O.2ClH/c19-13-14-5-4-8-17(14)18(22)20-15-9-11-21(12-10-15)16-6-2-1-3-7-16;;/h14-17H,1-13,19H2,(H,20,22);2*1H/t14-,17-;;/m1../s1. The number of carbonyl (C=O) groups is 1. The first-order chi connectivity index (χ1) is 10.8. The molecule has 0 unspecified atom stereocenters. The SMILES string of the molecule is Cl.Cl.NC[C@H]1CCC[C@H]1C(=O)NC1CCN(C2CCCCC2)CC1. The number of nitrogens with two attached hydrogens (primary N) is 1. The molecule has 2 atom stereocenters. The van der Waals surface area contributed by atoms with Crippen LogP contribution in [0.25, 0.3) is 0 Å². The second kappa shape index (κ2) is 10.8. The molecule has 24 heavy (non-hydrogen) atoms. The van der Waals surface area contributed by atoms with Crippen LogP contribution in [0.3, 0.4) is 0 Å². The van der Waals surface area contributed by atoms with Crippen molar-refractivity contribution in [2.45, 2.75) is 76.3 Å². The molecule has 142 valence electrons. The van der Waals surface area contributed by atoms with E-state index in [-0.39, 0.29) is 36.6 Å². The maximum Gasteiger partial charge on any atom is 0.223 e. The highest BCUT2D eigenvalue weighted by Gasteiger charge is 2.34. The molecule has 3 N–H and O–H groups in total. The highest BCUT2D eigenvalue weighted by Crippen LogP contribution is 2.31. The molecule has 0 bridgehead atoms. The summed E-state index contributed by atoms with van der Waals surface area (Å²) in [7, 11) is 0. The minimum atomic E-state index is 0. The zero-order valence-electron chi connectivity index (χ0n) is 14.8. The van der Waals surface area contributed by atoms with E-state index in [1.807, 2.05) is 0 Å². The van der Waals surface area contributed by atoms with Gasteiger partial charge in [-0.15, -0.1) is 24.8 Å². The number of amides is 1. The van der Waals surface area contributed by atoms with Gasteiger partial charge < -0.3 is 16.0 Å². The first-order valence-electron chi connectivity index (χ1n) is 9.52. The van der Waals surface area contributed by atoms with Crippen LogP contribution in [0.1, 0.15) is 64.2 Å². The van der Waals surface area contributed by atoms with Crippen molar-refractivity contribution in [3.8, 4) is 0 Å². The lowest BCUT2D eigenvalue weighted by Crippen LogP contribution is -2.49. The van der Waals surface area contributed by atoms with Gasteiger partial charge in [0.2, 0.25) is 5.91 Å². The Morgan fingerprint density at radius 3 is 2.21 bits per heavy atom. The molecule has 0 aromatic heterocycles. The van der Waals surface area contributed by atoms with E-state index in [1.54, 1.807) is 0 Å². The smallest absolute Gasteiger partial charge is 0.223 e. The van der Waals surface area contributed by atoms with Gasteiger partial charge in [0.15, 0.2) is 0 Å². The Labute approximate surface area is 159 Å². The molecule has 6 heteroatoms. The van der Waals surface area contributed by atoms with Gasteiger partial charge in [-0.25, -0.2) is 0 Å². The molecule has 2 saturated carbocycles. The summed E-state index contributed by atoms with van der Waals surface area (Å²) >= 11 is 0. The summed E-state index contributed by atoms with van der Waals surface area (Å²) in [6.07, 6.45) is 12.6. The van der Waals surface area contributed by atoms with Crippen molar-refractivity contribution in [1.82, 2.24) is 10.2 Å². The topological polar surface area (TPSA) is 58.4 Å².